The molecule has 0 aromatic heterocycles. The summed E-state index contributed by atoms with van der Waals surface area (Å²) in [5.41, 5.74) is 10.1. The van der Waals surface area contributed by atoms with Crippen LogP contribution in [0.2, 0.25) is 0 Å². The van der Waals surface area contributed by atoms with Crippen LogP contribution in [0.3, 0.4) is 0 Å². The average molecular weight is 236 g/mol. The van der Waals surface area contributed by atoms with E-state index in [1.807, 2.05) is 6.92 Å². The summed E-state index contributed by atoms with van der Waals surface area (Å²) < 4.78 is 0. The van der Waals surface area contributed by atoms with Gasteiger partial charge in [-0.05, 0) is 49.9 Å². The zero-order valence-electron chi connectivity index (χ0n) is 10.6. The second-order valence-electron chi connectivity index (χ2n) is 4.41. The monoisotopic (exact) mass is 236 g/mol. The second-order valence-corrected chi connectivity index (χ2v) is 4.41. The van der Waals surface area contributed by atoms with Crippen molar-refractivity contribution in [3.8, 4) is 0 Å². The molecular formula is C13H20N2O2. The largest absolute Gasteiger partial charge is 0.480 e. The van der Waals surface area contributed by atoms with Crippen molar-refractivity contribution in [3.05, 3.63) is 28.8 Å². The lowest BCUT2D eigenvalue weighted by atomic mass is 10.0. The second kappa shape index (κ2) is 5.68. The van der Waals surface area contributed by atoms with Crippen molar-refractivity contribution < 1.29 is 9.90 Å². The number of hydrogen-bond acceptors (Lipinski definition) is 3. The summed E-state index contributed by atoms with van der Waals surface area (Å²) in [5, 5.41) is 11.9. The van der Waals surface area contributed by atoms with Crippen LogP contribution >= 0.6 is 0 Å². The molecule has 0 bridgehead atoms. The highest BCUT2D eigenvalue weighted by molar-refractivity contribution is 5.73. The number of aliphatic carboxylic acids is 1. The minimum Gasteiger partial charge on any atom is -0.480 e. The third-order valence-electron chi connectivity index (χ3n) is 2.93. The van der Waals surface area contributed by atoms with Crippen molar-refractivity contribution in [2.75, 3.05) is 11.9 Å². The summed E-state index contributed by atoms with van der Waals surface area (Å²) in [6, 6.07) is 3.40. The average Bonchev–Trinajstić information content (AvgIpc) is 2.25. The first kappa shape index (κ1) is 13.5. The number of carbonyl (C=O) groups is 1. The van der Waals surface area contributed by atoms with Crippen molar-refractivity contribution >= 4 is 11.7 Å². The highest BCUT2D eigenvalue weighted by atomic mass is 16.4. The van der Waals surface area contributed by atoms with Gasteiger partial charge < -0.3 is 16.2 Å². The first-order chi connectivity index (χ1) is 7.91. The Labute approximate surface area is 102 Å². The lowest BCUT2D eigenvalue weighted by Crippen LogP contribution is -2.32. The Morgan fingerprint density at radius 3 is 2.47 bits per heavy atom. The van der Waals surface area contributed by atoms with E-state index < -0.39 is 12.0 Å². The van der Waals surface area contributed by atoms with Crippen LogP contribution in [0, 0.1) is 20.8 Å². The van der Waals surface area contributed by atoms with Crippen LogP contribution in [0.4, 0.5) is 5.69 Å². The van der Waals surface area contributed by atoms with Crippen LogP contribution in [0.15, 0.2) is 12.1 Å². The molecule has 4 N–H and O–H groups in total. The maximum Gasteiger partial charge on any atom is 0.320 e. The summed E-state index contributed by atoms with van der Waals surface area (Å²) >= 11 is 0. The Morgan fingerprint density at radius 2 is 1.88 bits per heavy atom. The summed E-state index contributed by atoms with van der Waals surface area (Å²) in [5.74, 6) is -0.955. The molecule has 0 aliphatic carbocycles. The molecule has 4 nitrogen and oxygen atoms in total. The van der Waals surface area contributed by atoms with E-state index in [4.69, 9.17) is 10.8 Å². The fourth-order valence-corrected chi connectivity index (χ4v) is 1.64. The molecule has 0 amide bonds. The number of carboxylic acid groups (broad SMARTS) is 1. The van der Waals surface area contributed by atoms with Gasteiger partial charge >= 0.3 is 5.97 Å². The first-order valence-corrected chi connectivity index (χ1v) is 5.72. The molecule has 0 aliphatic rings. The van der Waals surface area contributed by atoms with Crippen LogP contribution in [-0.2, 0) is 4.79 Å². The third-order valence-corrected chi connectivity index (χ3v) is 2.93. The van der Waals surface area contributed by atoms with Gasteiger partial charge in [0.1, 0.15) is 6.04 Å². The fourth-order valence-electron chi connectivity index (χ4n) is 1.64. The number of anilines is 1. The Morgan fingerprint density at radius 1 is 1.29 bits per heavy atom. The summed E-state index contributed by atoms with van der Waals surface area (Å²) in [6.07, 6.45) is 0.418. The Kier molecular flexibility index (Phi) is 4.52. The van der Waals surface area contributed by atoms with Crippen molar-refractivity contribution in [2.24, 2.45) is 5.73 Å². The molecule has 0 aliphatic heterocycles. The predicted octanol–water partition coefficient (Wildman–Crippen LogP) is 1.83. The molecule has 1 unspecified atom stereocenters. The lowest BCUT2D eigenvalue weighted by Gasteiger charge is -2.13. The molecule has 1 aromatic carbocycles. The number of nitrogens with two attached hydrogens (primary N) is 1. The maximum atomic E-state index is 10.6. The van der Waals surface area contributed by atoms with E-state index >= 15 is 0 Å². The molecule has 0 spiro atoms. The first-order valence-electron chi connectivity index (χ1n) is 5.72. The van der Waals surface area contributed by atoms with Gasteiger partial charge in [0, 0.05) is 12.2 Å². The number of aryl methyl sites for hydroxylation is 3. The van der Waals surface area contributed by atoms with Gasteiger partial charge in [0.15, 0.2) is 0 Å². The van der Waals surface area contributed by atoms with E-state index in [1.165, 1.54) is 11.1 Å². The van der Waals surface area contributed by atoms with Gasteiger partial charge in [-0.25, -0.2) is 0 Å². The Hall–Kier alpha value is -1.55. The van der Waals surface area contributed by atoms with E-state index in [-0.39, 0.29) is 0 Å². The van der Waals surface area contributed by atoms with Gasteiger partial charge in [0.25, 0.3) is 0 Å². The van der Waals surface area contributed by atoms with Gasteiger partial charge in [0.2, 0.25) is 0 Å². The molecule has 0 saturated heterocycles. The van der Waals surface area contributed by atoms with Crippen molar-refractivity contribution in [1.82, 2.24) is 0 Å². The number of rotatable bonds is 5. The Bertz CT molecular complexity index is 416. The van der Waals surface area contributed by atoms with Gasteiger partial charge in [-0.3, -0.25) is 4.79 Å². The molecule has 1 aromatic rings. The quantitative estimate of drug-likeness (QED) is 0.729. The number of carboxylic acids is 1. The predicted molar refractivity (Wildman–Crippen MR) is 69.4 cm³/mol. The van der Waals surface area contributed by atoms with Gasteiger partial charge in [-0.15, -0.1) is 0 Å². The summed E-state index contributed by atoms with van der Waals surface area (Å²) in [4.78, 5) is 10.6. The highest BCUT2D eigenvalue weighted by Crippen LogP contribution is 2.19. The van der Waals surface area contributed by atoms with Crippen LogP contribution in [0.5, 0.6) is 0 Å². The molecular weight excluding hydrogens is 216 g/mol. The van der Waals surface area contributed by atoms with Crippen molar-refractivity contribution in [2.45, 2.75) is 33.2 Å². The van der Waals surface area contributed by atoms with E-state index in [0.717, 1.165) is 11.3 Å². The van der Waals surface area contributed by atoms with Crippen LogP contribution < -0.4 is 11.1 Å². The molecule has 17 heavy (non-hydrogen) atoms. The SMILES string of the molecule is Cc1cc(C)c(NCCC(N)C(=O)O)cc1C. The van der Waals surface area contributed by atoms with Crippen molar-refractivity contribution in [1.29, 1.82) is 0 Å². The molecule has 0 fully saturated rings. The maximum absolute atomic E-state index is 10.6. The van der Waals surface area contributed by atoms with E-state index in [0.29, 0.717) is 13.0 Å². The molecule has 0 saturated carbocycles. The zero-order valence-corrected chi connectivity index (χ0v) is 10.6. The minimum atomic E-state index is -0.955. The highest BCUT2D eigenvalue weighted by Gasteiger charge is 2.10. The summed E-state index contributed by atoms with van der Waals surface area (Å²) in [7, 11) is 0. The summed E-state index contributed by atoms with van der Waals surface area (Å²) in [6.45, 7) is 6.73. The van der Waals surface area contributed by atoms with Crippen LogP contribution in [0.1, 0.15) is 23.1 Å². The van der Waals surface area contributed by atoms with Gasteiger partial charge in [-0.2, -0.15) is 0 Å². The molecule has 4 heteroatoms. The molecule has 0 heterocycles. The molecule has 1 atom stereocenters. The van der Waals surface area contributed by atoms with E-state index in [1.54, 1.807) is 0 Å². The normalized spacial score (nSPS) is 12.2. The zero-order chi connectivity index (χ0) is 13.0. The number of benzene rings is 1. The van der Waals surface area contributed by atoms with E-state index in [9.17, 15) is 4.79 Å². The molecule has 1 rings (SSSR count). The fraction of sp³-hybridized carbons (Fsp3) is 0.462. The minimum absolute atomic E-state index is 0.418. The van der Waals surface area contributed by atoms with Gasteiger partial charge in [-0.1, -0.05) is 6.07 Å². The lowest BCUT2D eigenvalue weighted by molar-refractivity contribution is -0.138. The molecule has 0 radical (unpaired) electrons. The Balaban J connectivity index is 2.58. The van der Waals surface area contributed by atoms with Crippen LogP contribution in [-0.4, -0.2) is 23.7 Å². The van der Waals surface area contributed by atoms with E-state index in [2.05, 4.69) is 31.3 Å². The van der Waals surface area contributed by atoms with Gasteiger partial charge in [0.05, 0.1) is 0 Å². The number of nitrogens with one attached hydrogen (secondary N) is 1. The van der Waals surface area contributed by atoms with Crippen molar-refractivity contribution in [3.63, 3.8) is 0 Å². The third kappa shape index (κ3) is 3.75. The standard InChI is InChI=1S/C13H20N2O2/c1-8-6-10(3)12(7-9(8)2)15-5-4-11(14)13(16)17/h6-7,11,15H,4-5,14H2,1-3H3,(H,16,17). The van der Waals surface area contributed by atoms with Crippen LogP contribution in [0.25, 0.3) is 0 Å². The molecule has 94 valence electrons. The number of hydrogen-bond donors (Lipinski definition) is 3. The topological polar surface area (TPSA) is 75.3 Å². The smallest absolute Gasteiger partial charge is 0.320 e.